The van der Waals surface area contributed by atoms with Crippen molar-refractivity contribution in [3.05, 3.63) is 11.0 Å². The molecule has 7 heteroatoms. The number of fused-ring (bicyclic) bond motifs is 1. The molecule has 1 atom stereocenters. The van der Waals surface area contributed by atoms with Gasteiger partial charge in [0.25, 0.3) is 0 Å². The van der Waals surface area contributed by atoms with Crippen molar-refractivity contribution in [1.29, 1.82) is 0 Å². The zero-order chi connectivity index (χ0) is 13.4. The van der Waals surface area contributed by atoms with Crippen LogP contribution < -0.4 is 5.32 Å². The van der Waals surface area contributed by atoms with Crippen LogP contribution in [0.15, 0.2) is 4.90 Å². The molecule has 5 nitrogen and oxygen atoms in total. The van der Waals surface area contributed by atoms with E-state index >= 15 is 0 Å². The molecule has 1 aromatic rings. The van der Waals surface area contributed by atoms with Gasteiger partial charge in [0.1, 0.15) is 11.4 Å². The van der Waals surface area contributed by atoms with Gasteiger partial charge in [-0.25, -0.2) is 4.98 Å². The molecular weight excluding hydrogens is 286 g/mol. The summed E-state index contributed by atoms with van der Waals surface area (Å²) < 4.78 is 12.0. The molecule has 0 radical (unpaired) electrons. The maximum Gasteiger partial charge on any atom is 0.224 e. The third-order valence-electron chi connectivity index (χ3n) is 3.70. The highest BCUT2D eigenvalue weighted by atomic mass is 35.5. The number of nitrogens with zero attached hydrogens (tertiary/aromatic N) is 2. The topological polar surface area (TPSA) is 81.1 Å². The van der Waals surface area contributed by atoms with Gasteiger partial charge in [-0.3, -0.25) is 0 Å². The summed E-state index contributed by atoms with van der Waals surface area (Å²) in [6.45, 7) is 0. The minimum atomic E-state index is -1.02. The summed E-state index contributed by atoms with van der Waals surface area (Å²) in [7, 11) is 0. The molecule has 1 aromatic heterocycles. The van der Waals surface area contributed by atoms with E-state index in [1.54, 1.807) is 0 Å². The van der Waals surface area contributed by atoms with Crippen LogP contribution in [0.4, 0.5) is 5.82 Å². The van der Waals surface area contributed by atoms with E-state index in [1.165, 1.54) is 0 Å². The van der Waals surface area contributed by atoms with Crippen molar-refractivity contribution in [3.63, 3.8) is 0 Å². The van der Waals surface area contributed by atoms with E-state index in [0.717, 1.165) is 36.3 Å². The number of hydrogen-bond acceptors (Lipinski definition) is 5. The van der Waals surface area contributed by atoms with E-state index in [1.807, 2.05) is 0 Å². The highest BCUT2D eigenvalue weighted by molar-refractivity contribution is 7.91. The second-order valence-corrected chi connectivity index (χ2v) is 6.91. The molecule has 0 unspecified atom stereocenters. The Balaban J connectivity index is 1.81. The lowest BCUT2D eigenvalue weighted by Crippen LogP contribution is -2.29. The van der Waals surface area contributed by atoms with Crippen LogP contribution in [0, 0.1) is 0 Å². The average molecular weight is 302 g/mol. The van der Waals surface area contributed by atoms with Crippen LogP contribution in [0.3, 0.4) is 0 Å². The average Bonchev–Trinajstić information content (AvgIpc) is 2.74. The summed E-state index contributed by atoms with van der Waals surface area (Å²) in [6.07, 6.45) is 3.88. The molecule has 1 aliphatic heterocycles. The predicted octanol–water partition coefficient (Wildman–Crippen LogP) is 1.51. The first-order chi connectivity index (χ1) is 9.13. The minimum absolute atomic E-state index is 0.188. The Bertz CT molecular complexity index is 480. The molecule has 1 saturated carbocycles. The smallest absolute Gasteiger partial charge is 0.224 e. The van der Waals surface area contributed by atoms with Gasteiger partial charge in [-0.1, -0.05) is 0 Å². The Morgan fingerprint density at radius 2 is 2.00 bits per heavy atom. The lowest BCUT2D eigenvalue weighted by atomic mass is 9.93. The van der Waals surface area contributed by atoms with Gasteiger partial charge in [0.15, 0.2) is 5.82 Å². The van der Waals surface area contributed by atoms with Gasteiger partial charge in [-0.15, -0.1) is 0 Å². The van der Waals surface area contributed by atoms with E-state index in [4.69, 9.17) is 11.6 Å². The molecule has 1 fully saturated rings. The standard InChI is InChI=1S/C12H16ClN3O2S/c13-12-15-9-5-6-19(18)10(9)11(16-12)14-7-1-3-8(17)4-2-7/h7-8,17H,1-6H2,(H,14,15,16)/t7?,8?,19-/m1/s1. The zero-order valence-electron chi connectivity index (χ0n) is 10.4. The van der Waals surface area contributed by atoms with Crippen molar-refractivity contribution >= 4 is 28.6 Å². The molecule has 3 rings (SSSR count). The summed E-state index contributed by atoms with van der Waals surface area (Å²) in [6, 6.07) is 0.260. The first-order valence-electron chi connectivity index (χ1n) is 6.53. The van der Waals surface area contributed by atoms with E-state index in [2.05, 4.69) is 15.3 Å². The Kier molecular flexibility index (Phi) is 3.84. The third kappa shape index (κ3) is 2.81. The first-order valence-corrected chi connectivity index (χ1v) is 8.22. The van der Waals surface area contributed by atoms with Crippen molar-refractivity contribution in [2.24, 2.45) is 0 Å². The molecule has 2 aliphatic rings. The quantitative estimate of drug-likeness (QED) is 0.639. The monoisotopic (exact) mass is 301 g/mol. The minimum Gasteiger partial charge on any atom is -0.611 e. The van der Waals surface area contributed by atoms with Crippen LogP contribution in [0.25, 0.3) is 0 Å². The maximum atomic E-state index is 12.0. The van der Waals surface area contributed by atoms with Crippen molar-refractivity contribution in [1.82, 2.24) is 9.97 Å². The summed E-state index contributed by atoms with van der Waals surface area (Å²) in [4.78, 5) is 9.07. The van der Waals surface area contributed by atoms with Gasteiger partial charge >= 0.3 is 0 Å². The van der Waals surface area contributed by atoms with E-state index < -0.39 is 11.2 Å². The molecule has 19 heavy (non-hydrogen) atoms. The number of halogens is 1. The lowest BCUT2D eigenvalue weighted by Gasteiger charge is -2.26. The first kappa shape index (κ1) is 13.4. The largest absolute Gasteiger partial charge is 0.611 e. The Morgan fingerprint density at radius 3 is 2.74 bits per heavy atom. The van der Waals surface area contributed by atoms with E-state index in [0.29, 0.717) is 18.0 Å². The molecule has 2 N–H and O–H groups in total. The summed E-state index contributed by atoms with van der Waals surface area (Å²) in [5.41, 5.74) is 0.802. The third-order valence-corrected chi connectivity index (χ3v) is 5.33. The highest BCUT2D eigenvalue weighted by Crippen LogP contribution is 2.33. The predicted molar refractivity (Wildman–Crippen MR) is 73.9 cm³/mol. The molecule has 2 heterocycles. The van der Waals surface area contributed by atoms with Crippen LogP contribution in [-0.4, -0.2) is 37.5 Å². The number of aryl methyl sites for hydroxylation is 1. The zero-order valence-corrected chi connectivity index (χ0v) is 12.0. The second kappa shape index (κ2) is 5.44. The highest BCUT2D eigenvalue weighted by Gasteiger charge is 2.32. The number of hydrogen-bond donors (Lipinski definition) is 2. The van der Waals surface area contributed by atoms with Crippen molar-refractivity contribution in [3.8, 4) is 0 Å². The molecule has 0 bridgehead atoms. The lowest BCUT2D eigenvalue weighted by molar-refractivity contribution is 0.126. The van der Waals surface area contributed by atoms with Crippen molar-refractivity contribution < 1.29 is 9.66 Å². The van der Waals surface area contributed by atoms with Gasteiger partial charge in [0.2, 0.25) is 10.2 Å². The maximum absolute atomic E-state index is 12.0. The molecular formula is C12H16ClN3O2S. The molecule has 1 aliphatic carbocycles. The van der Waals surface area contributed by atoms with Gasteiger partial charge < -0.3 is 15.0 Å². The number of aromatic nitrogens is 2. The number of nitrogens with one attached hydrogen (secondary N) is 1. The number of aliphatic hydroxyl groups excluding tert-OH is 1. The summed E-state index contributed by atoms with van der Waals surface area (Å²) >= 11 is 4.89. The van der Waals surface area contributed by atoms with Gasteiger partial charge in [-0.05, 0) is 48.5 Å². The fourth-order valence-corrected chi connectivity index (χ4v) is 4.18. The molecule has 0 amide bonds. The van der Waals surface area contributed by atoms with Crippen molar-refractivity contribution in [2.75, 3.05) is 11.1 Å². The van der Waals surface area contributed by atoms with Crippen LogP contribution in [0.2, 0.25) is 5.28 Å². The Morgan fingerprint density at radius 1 is 1.26 bits per heavy atom. The number of rotatable bonds is 2. The van der Waals surface area contributed by atoms with Gasteiger partial charge in [0, 0.05) is 12.5 Å². The van der Waals surface area contributed by atoms with E-state index in [9.17, 15) is 9.66 Å². The number of anilines is 1. The number of aliphatic hydroxyl groups is 1. The van der Waals surface area contributed by atoms with Crippen molar-refractivity contribution in [2.45, 2.75) is 49.1 Å². The van der Waals surface area contributed by atoms with Crippen LogP contribution in [0.5, 0.6) is 0 Å². The second-order valence-electron chi connectivity index (χ2n) is 5.07. The van der Waals surface area contributed by atoms with Crippen LogP contribution in [0.1, 0.15) is 31.4 Å². The molecule has 0 saturated heterocycles. The van der Waals surface area contributed by atoms with Crippen LogP contribution >= 0.6 is 11.6 Å². The molecule has 0 spiro atoms. The van der Waals surface area contributed by atoms with E-state index in [-0.39, 0.29) is 17.4 Å². The Labute approximate surface area is 120 Å². The summed E-state index contributed by atoms with van der Waals surface area (Å²) in [5, 5.41) is 13.0. The normalized spacial score (nSPS) is 30.2. The Hall–Kier alpha value is -0.560. The van der Waals surface area contributed by atoms with Gasteiger partial charge in [-0.2, -0.15) is 4.98 Å². The SMILES string of the molecule is [O-][S@+]1CCc2nc(Cl)nc(NC3CCC(O)CC3)c21. The fraction of sp³-hybridized carbons (Fsp3) is 0.667. The van der Waals surface area contributed by atoms with Gasteiger partial charge in [0.05, 0.1) is 6.10 Å². The fourth-order valence-electron chi connectivity index (χ4n) is 2.68. The molecule has 0 aromatic carbocycles. The summed E-state index contributed by atoms with van der Waals surface area (Å²) in [5.74, 6) is 1.22. The molecule has 104 valence electrons. The van der Waals surface area contributed by atoms with Crippen LogP contribution in [-0.2, 0) is 17.6 Å².